The smallest absolute Gasteiger partial charge is 0.135 e. The minimum absolute atomic E-state index is 0.0619. The topological polar surface area (TPSA) is 46.5 Å². The second-order valence-corrected chi connectivity index (χ2v) is 5.81. The first-order valence-corrected chi connectivity index (χ1v) is 7.60. The summed E-state index contributed by atoms with van der Waals surface area (Å²) >= 11 is 0. The molecule has 3 heteroatoms. The van der Waals surface area contributed by atoms with Crippen LogP contribution in [0.3, 0.4) is 0 Å². The lowest BCUT2D eigenvalue weighted by Crippen LogP contribution is -2.32. The molecule has 0 aromatic heterocycles. The van der Waals surface area contributed by atoms with E-state index in [0.29, 0.717) is 11.7 Å². The van der Waals surface area contributed by atoms with Crippen molar-refractivity contribution < 1.29 is 14.6 Å². The molecule has 1 N–H and O–H groups in total. The van der Waals surface area contributed by atoms with Crippen LogP contribution in [-0.4, -0.2) is 29.7 Å². The number of Topliss-reactive ketones (excluding diaryl/α,β-unsaturated/α-hetero) is 1. The maximum Gasteiger partial charge on any atom is 0.135 e. The number of ether oxygens (including phenoxy) is 1. The van der Waals surface area contributed by atoms with Crippen LogP contribution < -0.4 is 0 Å². The molecule has 2 aliphatic carbocycles. The Kier molecular flexibility index (Phi) is 5.64. The van der Waals surface area contributed by atoms with Crippen LogP contribution in [-0.2, 0) is 9.53 Å². The van der Waals surface area contributed by atoms with Gasteiger partial charge in [0.2, 0.25) is 0 Å². The van der Waals surface area contributed by atoms with Gasteiger partial charge in [-0.2, -0.15) is 0 Å². The van der Waals surface area contributed by atoms with Crippen molar-refractivity contribution in [2.75, 3.05) is 6.61 Å². The van der Waals surface area contributed by atoms with Crippen LogP contribution in [0.1, 0.15) is 64.2 Å². The van der Waals surface area contributed by atoms with Crippen LogP contribution >= 0.6 is 0 Å². The van der Waals surface area contributed by atoms with Crippen LogP contribution in [0.25, 0.3) is 0 Å². The number of hydrogen-bond acceptors (Lipinski definition) is 3. The molecule has 0 aromatic rings. The third-order valence-electron chi connectivity index (χ3n) is 4.38. The lowest BCUT2D eigenvalue weighted by atomic mass is 9.95. The lowest BCUT2D eigenvalue weighted by Gasteiger charge is -2.27. The highest BCUT2D eigenvalue weighted by Gasteiger charge is 2.24. The maximum absolute atomic E-state index is 11.5. The second-order valence-electron chi connectivity index (χ2n) is 5.81. The molecule has 0 radical (unpaired) electrons. The van der Waals surface area contributed by atoms with E-state index in [1.54, 1.807) is 0 Å². The van der Waals surface area contributed by atoms with Crippen LogP contribution in [0.4, 0.5) is 0 Å². The Morgan fingerprint density at radius 3 is 2.67 bits per heavy atom. The van der Waals surface area contributed by atoms with E-state index in [1.165, 1.54) is 6.42 Å². The molecule has 3 atom stereocenters. The first-order valence-electron chi connectivity index (χ1n) is 7.60. The zero-order valence-electron chi connectivity index (χ0n) is 11.3. The van der Waals surface area contributed by atoms with Gasteiger partial charge in [-0.25, -0.2) is 0 Å². The van der Waals surface area contributed by atoms with E-state index in [0.717, 1.165) is 64.4 Å². The fraction of sp³-hybridized carbons (Fsp3) is 0.933. The van der Waals surface area contributed by atoms with Crippen LogP contribution in [0.5, 0.6) is 0 Å². The molecule has 0 bridgehead atoms. The molecule has 18 heavy (non-hydrogen) atoms. The Bertz CT molecular complexity index is 264. The molecule has 0 amide bonds. The molecule has 0 aliphatic heterocycles. The van der Waals surface area contributed by atoms with Gasteiger partial charge >= 0.3 is 0 Å². The molecular formula is C15H26O3. The average Bonchev–Trinajstić information content (AvgIpc) is 2.77. The molecule has 3 nitrogen and oxygen atoms in total. The number of hydrogen-bond donors (Lipinski definition) is 1. The van der Waals surface area contributed by atoms with Crippen LogP contribution in [0.15, 0.2) is 0 Å². The number of carbonyl (C=O) groups is 1. The zero-order chi connectivity index (χ0) is 12.8. The van der Waals surface area contributed by atoms with Gasteiger partial charge in [-0.1, -0.05) is 19.3 Å². The fourth-order valence-corrected chi connectivity index (χ4v) is 3.19. The highest BCUT2D eigenvalue weighted by Crippen LogP contribution is 2.26. The summed E-state index contributed by atoms with van der Waals surface area (Å²) in [5.74, 6) is 0.809. The van der Waals surface area contributed by atoms with E-state index in [4.69, 9.17) is 4.74 Å². The van der Waals surface area contributed by atoms with Crippen molar-refractivity contribution in [2.45, 2.75) is 76.4 Å². The lowest BCUT2D eigenvalue weighted by molar-refractivity contribution is -0.120. The average molecular weight is 254 g/mol. The Hall–Kier alpha value is -0.410. The summed E-state index contributed by atoms with van der Waals surface area (Å²) in [6.45, 7) is 0.739. The van der Waals surface area contributed by atoms with Gasteiger partial charge in [0.1, 0.15) is 5.78 Å². The van der Waals surface area contributed by atoms with Gasteiger partial charge in [-0.05, 0) is 38.5 Å². The van der Waals surface area contributed by atoms with Gasteiger partial charge in [0, 0.05) is 18.9 Å². The quantitative estimate of drug-likeness (QED) is 0.741. The molecule has 0 saturated heterocycles. The van der Waals surface area contributed by atoms with Gasteiger partial charge in [0.05, 0.1) is 12.2 Å². The standard InChI is InChI=1S/C15H26O3/c16-13-9-5-7-12(13)6-3-4-11-18-15-10-2-1-8-14(15)17/h12,14-15,17H,1-11H2/t12?,14-,15-/m1/s1. The van der Waals surface area contributed by atoms with Crippen molar-refractivity contribution in [2.24, 2.45) is 5.92 Å². The first-order chi connectivity index (χ1) is 8.77. The van der Waals surface area contributed by atoms with Crippen molar-refractivity contribution in [3.8, 4) is 0 Å². The Morgan fingerprint density at radius 2 is 1.94 bits per heavy atom. The van der Waals surface area contributed by atoms with Crippen molar-refractivity contribution in [1.29, 1.82) is 0 Å². The number of unbranched alkanes of at least 4 members (excludes halogenated alkanes) is 1. The molecule has 0 spiro atoms. The SMILES string of the molecule is O=C1CCCC1CCCCO[C@@H]1CCCC[C@H]1O. The monoisotopic (exact) mass is 254 g/mol. The summed E-state index contributed by atoms with van der Waals surface area (Å²) in [4.78, 5) is 11.5. The second kappa shape index (κ2) is 7.25. The fourth-order valence-electron chi connectivity index (χ4n) is 3.19. The van der Waals surface area contributed by atoms with E-state index in [1.807, 2.05) is 0 Å². The van der Waals surface area contributed by atoms with E-state index < -0.39 is 0 Å². The van der Waals surface area contributed by atoms with Gasteiger partial charge in [0.15, 0.2) is 0 Å². The molecule has 2 rings (SSSR count). The summed E-state index contributed by atoms with van der Waals surface area (Å²) in [6, 6.07) is 0. The van der Waals surface area contributed by atoms with E-state index in [-0.39, 0.29) is 12.2 Å². The highest BCUT2D eigenvalue weighted by atomic mass is 16.5. The molecule has 0 heterocycles. The number of rotatable bonds is 6. The van der Waals surface area contributed by atoms with Gasteiger partial charge in [-0.3, -0.25) is 4.79 Å². The van der Waals surface area contributed by atoms with E-state index in [9.17, 15) is 9.90 Å². The van der Waals surface area contributed by atoms with Crippen molar-refractivity contribution in [1.82, 2.24) is 0 Å². The van der Waals surface area contributed by atoms with Gasteiger partial charge in [-0.15, -0.1) is 0 Å². The third-order valence-corrected chi connectivity index (χ3v) is 4.38. The largest absolute Gasteiger partial charge is 0.390 e. The van der Waals surface area contributed by atoms with Gasteiger partial charge in [0.25, 0.3) is 0 Å². The van der Waals surface area contributed by atoms with Crippen molar-refractivity contribution >= 4 is 5.78 Å². The van der Waals surface area contributed by atoms with Crippen LogP contribution in [0, 0.1) is 5.92 Å². The van der Waals surface area contributed by atoms with E-state index >= 15 is 0 Å². The Labute approximate surface area is 110 Å². The summed E-state index contributed by atoms with van der Waals surface area (Å²) in [5.41, 5.74) is 0. The summed E-state index contributed by atoms with van der Waals surface area (Å²) in [7, 11) is 0. The maximum atomic E-state index is 11.5. The highest BCUT2D eigenvalue weighted by molar-refractivity contribution is 5.82. The predicted molar refractivity (Wildman–Crippen MR) is 70.4 cm³/mol. The zero-order valence-corrected chi connectivity index (χ0v) is 11.3. The third kappa shape index (κ3) is 4.06. The first kappa shape index (κ1) is 14.0. The molecule has 2 saturated carbocycles. The van der Waals surface area contributed by atoms with Crippen molar-refractivity contribution in [3.05, 3.63) is 0 Å². The van der Waals surface area contributed by atoms with Crippen LogP contribution in [0.2, 0.25) is 0 Å². The molecule has 104 valence electrons. The minimum atomic E-state index is -0.254. The molecule has 1 unspecified atom stereocenters. The minimum Gasteiger partial charge on any atom is -0.390 e. The molecular weight excluding hydrogens is 228 g/mol. The Balaban J connectivity index is 1.51. The summed E-state index contributed by atoms with van der Waals surface area (Å²) < 4.78 is 5.75. The number of carbonyl (C=O) groups excluding carboxylic acids is 1. The molecule has 0 aromatic carbocycles. The number of ketones is 1. The normalized spacial score (nSPS) is 32.9. The predicted octanol–water partition coefficient (Wildman–Crippen LogP) is 2.85. The summed E-state index contributed by atoms with van der Waals surface area (Å²) in [6.07, 6.45) is 10.1. The van der Waals surface area contributed by atoms with Gasteiger partial charge < -0.3 is 9.84 Å². The molecule has 2 aliphatic rings. The summed E-state index contributed by atoms with van der Waals surface area (Å²) in [5, 5.41) is 9.76. The van der Waals surface area contributed by atoms with Crippen molar-refractivity contribution in [3.63, 3.8) is 0 Å². The van der Waals surface area contributed by atoms with E-state index in [2.05, 4.69) is 0 Å². The number of aliphatic hydroxyl groups is 1. The Morgan fingerprint density at radius 1 is 1.11 bits per heavy atom. The molecule has 2 fully saturated rings. The number of aliphatic hydroxyl groups excluding tert-OH is 1.